The number of imidazole rings is 1. The standard InChI is InChI=1S/C25H22N4O4S/c1-3-14-29(16-18-10-8-17(2)9-11-18)24(30)20-6-4-5-7-21(20)28-34(32,33)19-12-13-22-23(15-19)27-25(31)26-22/h1,4-13,15,28H,14,16H2,2H3,(H2,26,27,31). The highest BCUT2D eigenvalue weighted by Gasteiger charge is 2.22. The quantitative estimate of drug-likeness (QED) is 0.357. The predicted octanol–water partition coefficient (Wildman–Crippen LogP) is 3.24. The Bertz CT molecular complexity index is 1560. The number of hydrogen-bond acceptors (Lipinski definition) is 4. The van der Waals surface area contributed by atoms with E-state index in [4.69, 9.17) is 6.42 Å². The molecule has 4 rings (SSSR count). The number of hydrogen-bond donors (Lipinski definition) is 3. The molecule has 8 nitrogen and oxygen atoms in total. The minimum atomic E-state index is -4.05. The zero-order chi connectivity index (χ0) is 24.3. The average molecular weight is 475 g/mol. The molecular formula is C25H22N4O4S. The van der Waals surface area contributed by atoms with Crippen LogP contribution in [0.25, 0.3) is 11.0 Å². The van der Waals surface area contributed by atoms with Crippen LogP contribution in [0.2, 0.25) is 0 Å². The number of benzene rings is 3. The highest BCUT2D eigenvalue weighted by molar-refractivity contribution is 7.92. The highest BCUT2D eigenvalue weighted by atomic mass is 32.2. The number of amides is 1. The van der Waals surface area contributed by atoms with Crippen molar-refractivity contribution in [3.63, 3.8) is 0 Å². The van der Waals surface area contributed by atoms with E-state index in [0.717, 1.165) is 11.1 Å². The number of aryl methyl sites for hydroxylation is 1. The Morgan fingerprint density at radius 1 is 1.03 bits per heavy atom. The molecule has 34 heavy (non-hydrogen) atoms. The number of rotatable bonds is 7. The number of anilines is 1. The fourth-order valence-electron chi connectivity index (χ4n) is 3.54. The SMILES string of the molecule is C#CCN(Cc1ccc(C)cc1)C(=O)c1ccccc1NS(=O)(=O)c1ccc2[nH]c(=O)[nH]c2c1. The smallest absolute Gasteiger partial charge is 0.323 e. The van der Waals surface area contributed by atoms with Crippen LogP contribution in [0.5, 0.6) is 0 Å². The molecule has 0 aliphatic heterocycles. The predicted molar refractivity (Wildman–Crippen MR) is 131 cm³/mol. The molecule has 0 aliphatic rings. The summed E-state index contributed by atoms with van der Waals surface area (Å²) in [6.07, 6.45) is 5.50. The minimum absolute atomic E-state index is 0.0577. The van der Waals surface area contributed by atoms with E-state index >= 15 is 0 Å². The van der Waals surface area contributed by atoms with Crippen LogP contribution in [0.15, 0.2) is 76.4 Å². The largest absolute Gasteiger partial charge is 0.323 e. The number of nitrogens with zero attached hydrogens (tertiary/aromatic N) is 1. The van der Waals surface area contributed by atoms with E-state index in [-0.39, 0.29) is 29.2 Å². The van der Waals surface area contributed by atoms with Gasteiger partial charge in [0.05, 0.1) is 33.7 Å². The summed E-state index contributed by atoms with van der Waals surface area (Å²) in [5.74, 6) is 2.10. The molecule has 3 aromatic carbocycles. The molecule has 0 saturated carbocycles. The second-order valence-electron chi connectivity index (χ2n) is 7.79. The van der Waals surface area contributed by atoms with Crippen molar-refractivity contribution < 1.29 is 13.2 Å². The molecule has 0 unspecified atom stereocenters. The molecule has 0 radical (unpaired) electrons. The summed E-state index contributed by atoms with van der Waals surface area (Å²) in [7, 11) is -4.05. The number of nitrogens with one attached hydrogen (secondary N) is 3. The van der Waals surface area contributed by atoms with Gasteiger partial charge in [-0.05, 0) is 42.8 Å². The van der Waals surface area contributed by atoms with Crippen molar-refractivity contribution >= 4 is 32.7 Å². The second kappa shape index (κ2) is 9.29. The van der Waals surface area contributed by atoms with E-state index in [0.29, 0.717) is 11.0 Å². The number of aromatic nitrogens is 2. The molecule has 0 saturated heterocycles. The number of carbonyl (C=O) groups is 1. The van der Waals surface area contributed by atoms with Gasteiger partial charge in [0.2, 0.25) is 0 Å². The van der Waals surface area contributed by atoms with E-state index in [1.807, 2.05) is 31.2 Å². The van der Waals surface area contributed by atoms with Gasteiger partial charge in [-0.25, -0.2) is 13.2 Å². The third-order valence-electron chi connectivity index (χ3n) is 5.26. The molecule has 1 aromatic heterocycles. The monoisotopic (exact) mass is 474 g/mol. The normalized spacial score (nSPS) is 11.2. The summed E-state index contributed by atoms with van der Waals surface area (Å²) < 4.78 is 28.6. The van der Waals surface area contributed by atoms with E-state index < -0.39 is 21.6 Å². The molecule has 4 aromatic rings. The molecule has 0 bridgehead atoms. The Morgan fingerprint density at radius 2 is 1.74 bits per heavy atom. The lowest BCUT2D eigenvalue weighted by Crippen LogP contribution is -2.31. The Morgan fingerprint density at radius 3 is 2.47 bits per heavy atom. The van der Waals surface area contributed by atoms with Crippen LogP contribution in [0.4, 0.5) is 5.69 Å². The van der Waals surface area contributed by atoms with Crippen LogP contribution >= 0.6 is 0 Å². The van der Waals surface area contributed by atoms with Crippen LogP contribution in [0.1, 0.15) is 21.5 Å². The maximum atomic E-state index is 13.4. The van der Waals surface area contributed by atoms with Crippen LogP contribution < -0.4 is 10.4 Å². The van der Waals surface area contributed by atoms with Crippen molar-refractivity contribution in [2.45, 2.75) is 18.4 Å². The third-order valence-corrected chi connectivity index (χ3v) is 6.63. The Hall–Kier alpha value is -4.29. The fourth-order valence-corrected chi connectivity index (χ4v) is 4.64. The third kappa shape index (κ3) is 4.87. The van der Waals surface area contributed by atoms with Gasteiger partial charge >= 0.3 is 5.69 Å². The van der Waals surface area contributed by atoms with Gasteiger partial charge in [0.1, 0.15) is 0 Å². The summed E-state index contributed by atoms with van der Waals surface area (Å²) in [5, 5.41) is 0. The summed E-state index contributed by atoms with van der Waals surface area (Å²) in [6.45, 7) is 2.31. The van der Waals surface area contributed by atoms with Gasteiger partial charge in [-0.2, -0.15) is 0 Å². The molecule has 0 fully saturated rings. The molecule has 0 spiro atoms. The molecular weight excluding hydrogens is 452 g/mol. The van der Waals surface area contributed by atoms with E-state index in [2.05, 4.69) is 20.6 Å². The molecule has 3 N–H and O–H groups in total. The van der Waals surface area contributed by atoms with Crippen molar-refractivity contribution in [2.75, 3.05) is 11.3 Å². The maximum absolute atomic E-state index is 13.4. The topological polar surface area (TPSA) is 115 Å². The number of terminal acetylenes is 1. The fraction of sp³-hybridized carbons (Fsp3) is 0.120. The number of H-pyrrole nitrogens is 2. The van der Waals surface area contributed by atoms with Gasteiger partial charge in [-0.1, -0.05) is 47.9 Å². The lowest BCUT2D eigenvalue weighted by Gasteiger charge is -2.22. The number of para-hydroxylation sites is 1. The van der Waals surface area contributed by atoms with Crippen molar-refractivity contribution in [3.8, 4) is 12.3 Å². The molecule has 0 atom stereocenters. The molecule has 172 valence electrons. The molecule has 0 aliphatic carbocycles. The van der Waals surface area contributed by atoms with Gasteiger partial charge in [-0.15, -0.1) is 6.42 Å². The number of fused-ring (bicyclic) bond motifs is 1. The van der Waals surface area contributed by atoms with Crippen molar-refractivity contribution in [1.82, 2.24) is 14.9 Å². The zero-order valence-electron chi connectivity index (χ0n) is 18.3. The van der Waals surface area contributed by atoms with Crippen LogP contribution in [-0.4, -0.2) is 35.7 Å². The van der Waals surface area contributed by atoms with Crippen LogP contribution in [-0.2, 0) is 16.6 Å². The van der Waals surface area contributed by atoms with Gasteiger partial charge in [0.15, 0.2) is 0 Å². The minimum Gasteiger partial charge on any atom is -0.323 e. The molecule has 9 heteroatoms. The van der Waals surface area contributed by atoms with Crippen LogP contribution in [0, 0.1) is 19.3 Å². The van der Waals surface area contributed by atoms with E-state index in [9.17, 15) is 18.0 Å². The Balaban J connectivity index is 1.64. The van der Waals surface area contributed by atoms with E-state index in [1.54, 1.807) is 18.2 Å². The van der Waals surface area contributed by atoms with E-state index in [1.165, 1.54) is 29.2 Å². The molecule has 1 amide bonds. The Kier molecular flexibility index (Phi) is 6.25. The van der Waals surface area contributed by atoms with Gasteiger partial charge < -0.3 is 14.9 Å². The zero-order valence-corrected chi connectivity index (χ0v) is 19.1. The lowest BCUT2D eigenvalue weighted by atomic mass is 10.1. The number of aromatic amines is 2. The first-order chi connectivity index (χ1) is 16.3. The number of carbonyl (C=O) groups excluding carboxylic acids is 1. The first kappa shape index (κ1) is 22.9. The summed E-state index contributed by atoms with van der Waals surface area (Å²) in [5.41, 5.74) is 2.71. The van der Waals surface area contributed by atoms with Crippen LogP contribution in [0.3, 0.4) is 0 Å². The van der Waals surface area contributed by atoms with Gasteiger partial charge in [-0.3, -0.25) is 9.52 Å². The number of sulfonamides is 1. The Labute approximate surface area is 196 Å². The molecule has 1 heterocycles. The average Bonchev–Trinajstić information content (AvgIpc) is 3.19. The van der Waals surface area contributed by atoms with Gasteiger partial charge in [0.25, 0.3) is 15.9 Å². The van der Waals surface area contributed by atoms with Crippen molar-refractivity contribution in [1.29, 1.82) is 0 Å². The highest BCUT2D eigenvalue weighted by Crippen LogP contribution is 2.23. The lowest BCUT2D eigenvalue weighted by molar-refractivity contribution is 0.0767. The van der Waals surface area contributed by atoms with Crippen molar-refractivity contribution in [2.24, 2.45) is 0 Å². The summed E-state index contributed by atoms with van der Waals surface area (Å²) in [4.78, 5) is 31.4. The second-order valence-corrected chi connectivity index (χ2v) is 9.47. The maximum Gasteiger partial charge on any atom is 0.323 e. The van der Waals surface area contributed by atoms with Gasteiger partial charge in [0, 0.05) is 6.54 Å². The summed E-state index contributed by atoms with van der Waals surface area (Å²) >= 11 is 0. The first-order valence-corrected chi connectivity index (χ1v) is 11.9. The summed E-state index contributed by atoms with van der Waals surface area (Å²) in [6, 6.07) is 18.3. The first-order valence-electron chi connectivity index (χ1n) is 10.4. The van der Waals surface area contributed by atoms with Crippen molar-refractivity contribution in [3.05, 3.63) is 93.9 Å².